The topological polar surface area (TPSA) is 48.1 Å². The number of alkyl halides is 3. The molecule has 1 unspecified atom stereocenters. The Morgan fingerprint density at radius 3 is 2.71 bits per heavy atom. The van der Waals surface area contributed by atoms with Crippen molar-refractivity contribution < 1.29 is 17.9 Å². The summed E-state index contributed by atoms with van der Waals surface area (Å²) in [5.74, 6) is -0.275. The Bertz CT molecular complexity index is 614. The third kappa shape index (κ3) is 3.95. The summed E-state index contributed by atoms with van der Waals surface area (Å²) in [4.78, 5) is 4.03. The fourth-order valence-electron chi connectivity index (χ4n) is 2.12. The molecule has 3 nitrogen and oxygen atoms in total. The Morgan fingerprint density at radius 2 is 2.05 bits per heavy atom. The first kappa shape index (κ1) is 15.3. The van der Waals surface area contributed by atoms with Crippen LogP contribution in [0.15, 0.2) is 42.7 Å². The van der Waals surface area contributed by atoms with Gasteiger partial charge in [-0.25, -0.2) is 0 Å². The number of aromatic nitrogens is 1. The molecule has 1 aromatic heterocycles. The van der Waals surface area contributed by atoms with Crippen molar-refractivity contribution in [1.29, 1.82) is 0 Å². The molecular formula is C15H15F3N2O. The molecule has 21 heavy (non-hydrogen) atoms. The molecule has 0 aliphatic carbocycles. The zero-order valence-electron chi connectivity index (χ0n) is 11.4. The van der Waals surface area contributed by atoms with Crippen LogP contribution in [0, 0.1) is 0 Å². The highest BCUT2D eigenvalue weighted by Crippen LogP contribution is 2.28. The van der Waals surface area contributed by atoms with Crippen molar-refractivity contribution in [2.75, 3.05) is 0 Å². The zero-order valence-corrected chi connectivity index (χ0v) is 11.4. The maximum atomic E-state index is 12.3. The number of nitrogens with two attached hydrogens (primary N) is 1. The van der Waals surface area contributed by atoms with Gasteiger partial charge in [0.05, 0.1) is 6.04 Å². The number of hydrogen-bond donors (Lipinski definition) is 1. The van der Waals surface area contributed by atoms with E-state index in [4.69, 9.17) is 5.73 Å². The number of pyridine rings is 1. The van der Waals surface area contributed by atoms with E-state index in [-0.39, 0.29) is 5.75 Å². The van der Waals surface area contributed by atoms with Gasteiger partial charge in [0.2, 0.25) is 0 Å². The van der Waals surface area contributed by atoms with Crippen LogP contribution in [0.1, 0.15) is 29.7 Å². The van der Waals surface area contributed by atoms with Gasteiger partial charge < -0.3 is 10.5 Å². The second-order valence-corrected chi connectivity index (χ2v) is 4.53. The van der Waals surface area contributed by atoms with E-state index >= 15 is 0 Å². The molecule has 1 heterocycles. The van der Waals surface area contributed by atoms with E-state index < -0.39 is 12.4 Å². The lowest BCUT2D eigenvalue weighted by Crippen LogP contribution is -2.18. The lowest BCUT2D eigenvalue weighted by molar-refractivity contribution is -0.274. The van der Waals surface area contributed by atoms with Gasteiger partial charge in [-0.3, -0.25) is 4.98 Å². The van der Waals surface area contributed by atoms with Crippen molar-refractivity contribution in [3.05, 3.63) is 59.4 Å². The van der Waals surface area contributed by atoms with Gasteiger partial charge in [-0.1, -0.05) is 19.1 Å². The van der Waals surface area contributed by atoms with E-state index in [1.165, 1.54) is 18.2 Å². The molecule has 112 valence electrons. The van der Waals surface area contributed by atoms with Gasteiger partial charge >= 0.3 is 6.36 Å². The average molecular weight is 296 g/mol. The number of hydrogen-bond acceptors (Lipinski definition) is 3. The average Bonchev–Trinajstić information content (AvgIpc) is 2.45. The molecule has 2 rings (SSSR count). The molecule has 6 heteroatoms. The van der Waals surface area contributed by atoms with Crippen molar-refractivity contribution in [3.63, 3.8) is 0 Å². The Labute approximate surface area is 120 Å². The number of nitrogens with zero attached hydrogens (tertiary/aromatic N) is 1. The van der Waals surface area contributed by atoms with Gasteiger partial charge in [0, 0.05) is 12.4 Å². The largest absolute Gasteiger partial charge is 0.573 e. The van der Waals surface area contributed by atoms with Crippen LogP contribution in [0.25, 0.3) is 0 Å². The molecule has 0 fully saturated rings. The second-order valence-electron chi connectivity index (χ2n) is 4.53. The Balaban J connectivity index is 2.31. The molecule has 0 radical (unpaired) electrons. The minimum Gasteiger partial charge on any atom is -0.406 e. The molecule has 0 amide bonds. The van der Waals surface area contributed by atoms with Crippen molar-refractivity contribution in [2.45, 2.75) is 25.7 Å². The fraction of sp³-hybridized carbons (Fsp3) is 0.267. The number of benzene rings is 1. The predicted molar refractivity (Wildman–Crippen MR) is 72.8 cm³/mol. The van der Waals surface area contributed by atoms with Gasteiger partial charge in [-0.05, 0) is 41.3 Å². The molecular weight excluding hydrogens is 281 g/mol. The lowest BCUT2D eigenvalue weighted by atomic mass is 9.95. The van der Waals surface area contributed by atoms with E-state index in [0.717, 1.165) is 17.5 Å². The highest BCUT2D eigenvalue weighted by Gasteiger charge is 2.31. The Kier molecular flexibility index (Phi) is 4.47. The summed E-state index contributed by atoms with van der Waals surface area (Å²) in [5.41, 5.74) is 8.52. The van der Waals surface area contributed by atoms with E-state index in [9.17, 15) is 13.2 Å². The van der Waals surface area contributed by atoms with Crippen LogP contribution in [0.3, 0.4) is 0 Å². The van der Waals surface area contributed by atoms with E-state index in [1.54, 1.807) is 24.5 Å². The number of rotatable bonds is 4. The first-order chi connectivity index (χ1) is 9.90. The molecule has 1 aromatic carbocycles. The highest BCUT2D eigenvalue weighted by atomic mass is 19.4. The van der Waals surface area contributed by atoms with Crippen LogP contribution in [-0.2, 0) is 6.42 Å². The molecule has 0 spiro atoms. The van der Waals surface area contributed by atoms with Crippen LogP contribution in [0.5, 0.6) is 5.75 Å². The van der Waals surface area contributed by atoms with Crippen molar-refractivity contribution in [1.82, 2.24) is 4.98 Å². The Morgan fingerprint density at radius 1 is 1.29 bits per heavy atom. The first-order valence-electron chi connectivity index (χ1n) is 6.44. The third-order valence-electron chi connectivity index (χ3n) is 3.11. The van der Waals surface area contributed by atoms with E-state index in [0.29, 0.717) is 5.56 Å². The van der Waals surface area contributed by atoms with Crippen LogP contribution in [-0.4, -0.2) is 11.3 Å². The van der Waals surface area contributed by atoms with Crippen molar-refractivity contribution in [3.8, 4) is 5.75 Å². The zero-order chi connectivity index (χ0) is 15.5. The van der Waals surface area contributed by atoms with E-state index in [1.807, 2.05) is 6.92 Å². The standard InChI is InChI=1S/C15H15F3N2O/c1-2-10-9-20-7-6-13(10)14(19)11-4-3-5-12(8-11)21-15(16,17)18/h3-9,14H,2,19H2,1H3. The number of halogens is 3. The molecule has 2 aromatic rings. The van der Waals surface area contributed by atoms with Crippen LogP contribution in [0.2, 0.25) is 0 Å². The summed E-state index contributed by atoms with van der Waals surface area (Å²) in [6, 6.07) is 6.96. The number of ether oxygens (including phenoxy) is 1. The number of aryl methyl sites for hydroxylation is 1. The first-order valence-corrected chi connectivity index (χ1v) is 6.44. The predicted octanol–water partition coefficient (Wildman–Crippen LogP) is 3.59. The lowest BCUT2D eigenvalue weighted by Gasteiger charge is -2.17. The monoisotopic (exact) mass is 296 g/mol. The van der Waals surface area contributed by atoms with E-state index in [2.05, 4.69) is 9.72 Å². The normalized spacial score (nSPS) is 13.0. The maximum Gasteiger partial charge on any atom is 0.573 e. The molecule has 2 N–H and O–H groups in total. The van der Waals surface area contributed by atoms with Crippen LogP contribution >= 0.6 is 0 Å². The van der Waals surface area contributed by atoms with Crippen molar-refractivity contribution in [2.24, 2.45) is 5.73 Å². The molecule has 0 aliphatic heterocycles. The molecule has 0 aliphatic rings. The summed E-state index contributed by atoms with van der Waals surface area (Å²) < 4.78 is 40.7. The Hall–Kier alpha value is -2.08. The minimum absolute atomic E-state index is 0.275. The molecule has 0 saturated carbocycles. The fourth-order valence-corrected chi connectivity index (χ4v) is 2.12. The summed E-state index contributed by atoms with van der Waals surface area (Å²) in [7, 11) is 0. The van der Waals surface area contributed by atoms with Crippen LogP contribution < -0.4 is 10.5 Å². The van der Waals surface area contributed by atoms with Gasteiger partial charge in [0.15, 0.2) is 0 Å². The molecule has 1 atom stereocenters. The second kappa shape index (κ2) is 6.13. The quantitative estimate of drug-likeness (QED) is 0.938. The SMILES string of the molecule is CCc1cnccc1C(N)c1cccc(OC(F)(F)F)c1. The summed E-state index contributed by atoms with van der Waals surface area (Å²) in [6.07, 6.45) is -0.640. The summed E-state index contributed by atoms with van der Waals surface area (Å²) >= 11 is 0. The molecule has 0 bridgehead atoms. The van der Waals surface area contributed by atoms with Gasteiger partial charge in [0.1, 0.15) is 5.75 Å². The minimum atomic E-state index is -4.71. The third-order valence-corrected chi connectivity index (χ3v) is 3.11. The summed E-state index contributed by atoms with van der Waals surface area (Å²) in [6.45, 7) is 1.97. The van der Waals surface area contributed by atoms with Gasteiger partial charge in [-0.15, -0.1) is 13.2 Å². The highest BCUT2D eigenvalue weighted by molar-refractivity contribution is 5.38. The summed E-state index contributed by atoms with van der Waals surface area (Å²) in [5, 5.41) is 0. The van der Waals surface area contributed by atoms with Crippen LogP contribution in [0.4, 0.5) is 13.2 Å². The smallest absolute Gasteiger partial charge is 0.406 e. The maximum absolute atomic E-state index is 12.3. The molecule has 0 saturated heterocycles. The van der Waals surface area contributed by atoms with Gasteiger partial charge in [0.25, 0.3) is 0 Å². The van der Waals surface area contributed by atoms with Gasteiger partial charge in [-0.2, -0.15) is 0 Å². The van der Waals surface area contributed by atoms with Crippen molar-refractivity contribution >= 4 is 0 Å².